The van der Waals surface area contributed by atoms with Gasteiger partial charge in [-0.2, -0.15) is 13.2 Å². The fourth-order valence-electron chi connectivity index (χ4n) is 2.56. The van der Waals surface area contributed by atoms with Crippen LogP contribution >= 0.6 is 0 Å². The van der Waals surface area contributed by atoms with E-state index in [2.05, 4.69) is 10.6 Å². The zero-order valence-corrected chi connectivity index (χ0v) is 14.3. The van der Waals surface area contributed by atoms with Gasteiger partial charge in [0, 0.05) is 6.54 Å². The number of amides is 1. The van der Waals surface area contributed by atoms with Crippen molar-refractivity contribution < 1.29 is 22.7 Å². The Morgan fingerprint density at radius 3 is 2.42 bits per heavy atom. The van der Waals surface area contributed by atoms with Gasteiger partial charge in [0.15, 0.2) is 11.5 Å². The maximum absolute atomic E-state index is 12.9. The van der Waals surface area contributed by atoms with Crippen LogP contribution in [0.5, 0.6) is 11.5 Å². The number of halogens is 3. The van der Waals surface area contributed by atoms with Crippen molar-refractivity contribution >= 4 is 17.3 Å². The van der Waals surface area contributed by atoms with Crippen LogP contribution in [0.2, 0.25) is 0 Å². The molecule has 2 aromatic rings. The Balaban J connectivity index is 1.75. The van der Waals surface area contributed by atoms with Gasteiger partial charge in [0.1, 0.15) is 0 Å². The summed E-state index contributed by atoms with van der Waals surface area (Å²) in [5.41, 5.74) is 1.14. The summed E-state index contributed by atoms with van der Waals surface area (Å²) < 4.78 is 44.2. The number of alkyl halides is 3. The highest BCUT2D eigenvalue weighted by Crippen LogP contribution is 2.44. The Hall–Kier alpha value is -2.74. The smallest absolute Gasteiger partial charge is 0.416 e. The van der Waals surface area contributed by atoms with E-state index in [0.717, 1.165) is 17.7 Å². The minimum atomic E-state index is -4.43. The van der Waals surface area contributed by atoms with Gasteiger partial charge in [-0.25, -0.2) is 0 Å². The highest BCUT2D eigenvalue weighted by Gasteiger charge is 2.32. The summed E-state index contributed by atoms with van der Waals surface area (Å²) in [7, 11) is 3.59. The van der Waals surface area contributed by atoms with Crippen molar-refractivity contribution in [3.8, 4) is 11.5 Å². The van der Waals surface area contributed by atoms with Crippen LogP contribution in [0.25, 0.3) is 0 Å². The van der Waals surface area contributed by atoms with Crippen LogP contribution in [0.1, 0.15) is 11.1 Å². The van der Waals surface area contributed by atoms with Crippen LogP contribution in [0.4, 0.5) is 24.5 Å². The van der Waals surface area contributed by atoms with Crippen LogP contribution in [0, 0.1) is 0 Å². The van der Waals surface area contributed by atoms with Gasteiger partial charge in [-0.05, 0) is 50.0 Å². The molecule has 0 aromatic heterocycles. The Labute approximate surface area is 148 Å². The summed E-state index contributed by atoms with van der Waals surface area (Å²) in [6, 6.07) is 8.60. The van der Waals surface area contributed by atoms with Crippen LogP contribution in [-0.2, 0) is 17.5 Å². The monoisotopic (exact) mass is 365 g/mol. The quantitative estimate of drug-likeness (QED) is 0.740. The molecule has 0 fully saturated rings. The molecular formula is C18H18F3N3O2. The van der Waals surface area contributed by atoms with Crippen molar-refractivity contribution in [1.29, 1.82) is 0 Å². The van der Waals surface area contributed by atoms with Crippen molar-refractivity contribution in [2.75, 3.05) is 26.0 Å². The van der Waals surface area contributed by atoms with Gasteiger partial charge in [0.25, 0.3) is 0 Å². The molecule has 0 spiro atoms. The summed E-state index contributed by atoms with van der Waals surface area (Å²) in [5, 5.41) is 5.83. The second-order valence-corrected chi connectivity index (χ2v) is 6.28. The molecule has 2 N–H and O–H groups in total. The molecule has 0 unspecified atom stereocenters. The first-order valence-corrected chi connectivity index (χ1v) is 7.93. The second kappa shape index (κ2) is 6.87. The molecule has 1 amide bonds. The number of fused-ring (bicyclic) bond motifs is 2. The van der Waals surface area contributed by atoms with E-state index in [-0.39, 0.29) is 18.2 Å². The van der Waals surface area contributed by atoms with E-state index in [1.807, 2.05) is 6.07 Å². The molecule has 0 bridgehead atoms. The first-order chi connectivity index (χ1) is 12.2. The lowest BCUT2D eigenvalue weighted by molar-refractivity contribution is -0.137. The molecule has 0 saturated carbocycles. The molecule has 138 valence electrons. The molecule has 1 heterocycles. The van der Waals surface area contributed by atoms with Gasteiger partial charge in [-0.1, -0.05) is 6.07 Å². The minimum absolute atomic E-state index is 0.112. The number of ether oxygens (including phenoxy) is 1. The molecule has 0 aliphatic carbocycles. The van der Waals surface area contributed by atoms with Crippen LogP contribution in [0.3, 0.4) is 0 Å². The minimum Gasteiger partial charge on any atom is -0.453 e. The highest BCUT2D eigenvalue weighted by atomic mass is 19.4. The molecular weight excluding hydrogens is 347 g/mol. The van der Waals surface area contributed by atoms with Gasteiger partial charge in [0.05, 0.1) is 23.5 Å². The van der Waals surface area contributed by atoms with E-state index >= 15 is 0 Å². The third-order valence-electron chi connectivity index (χ3n) is 3.79. The van der Waals surface area contributed by atoms with Crippen LogP contribution < -0.4 is 15.4 Å². The number of nitrogens with one attached hydrogen (secondary N) is 2. The zero-order valence-electron chi connectivity index (χ0n) is 14.3. The summed E-state index contributed by atoms with van der Waals surface area (Å²) in [6.45, 7) is 0.579. The largest absolute Gasteiger partial charge is 0.453 e. The van der Waals surface area contributed by atoms with E-state index in [0.29, 0.717) is 23.7 Å². The molecule has 8 heteroatoms. The number of anilines is 2. The predicted octanol–water partition coefficient (Wildman–Crippen LogP) is 3.73. The number of hydrogen-bond donors (Lipinski definition) is 2. The summed E-state index contributed by atoms with van der Waals surface area (Å²) in [6.07, 6.45) is -4.43. The van der Waals surface area contributed by atoms with Crippen molar-refractivity contribution in [2.24, 2.45) is 0 Å². The van der Waals surface area contributed by atoms with Crippen molar-refractivity contribution in [3.05, 3.63) is 47.5 Å². The van der Waals surface area contributed by atoms with Crippen molar-refractivity contribution in [3.63, 3.8) is 0 Å². The fraction of sp³-hybridized carbons (Fsp3) is 0.278. The number of nitrogens with zero attached hydrogens (tertiary/aromatic N) is 1. The van der Waals surface area contributed by atoms with Gasteiger partial charge < -0.3 is 20.3 Å². The average Bonchev–Trinajstić information content (AvgIpc) is 2.56. The molecule has 1 aliphatic heterocycles. The summed E-state index contributed by atoms with van der Waals surface area (Å²) in [4.78, 5) is 13.5. The van der Waals surface area contributed by atoms with E-state index in [1.54, 1.807) is 31.1 Å². The lowest BCUT2D eigenvalue weighted by Gasteiger charge is -2.23. The summed E-state index contributed by atoms with van der Waals surface area (Å²) >= 11 is 0. The lowest BCUT2D eigenvalue weighted by Crippen LogP contribution is -2.32. The van der Waals surface area contributed by atoms with E-state index < -0.39 is 11.7 Å². The molecule has 1 aliphatic rings. The summed E-state index contributed by atoms with van der Waals surface area (Å²) in [5.74, 6) is 0.407. The number of rotatable bonds is 4. The average molecular weight is 365 g/mol. The number of benzene rings is 2. The molecule has 0 radical (unpaired) electrons. The molecule has 5 nitrogen and oxygen atoms in total. The normalized spacial score (nSPS) is 12.7. The molecule has 2 aromatic carbocycles. The van der Waals surface area contributed by atoms with Crippen LogP contribution in [-0.4, -0.2) is 31.4 Å². The Morgan fingerprint density at radius 2 is 1.77 bits per heavy atom. The number of hydrogen-bond acceptors (Lipinski definition) is 4. The van der Waals surface area contributed by atoms with Gasteiger partial charge in [-0.15, -0.1) is 0 Å². The zero-order chi connectivity index (χ0) is 18.9. The van der Waals surface area contributed by atoms with E-state index in [9.17, 15) is 18.0 Å². The Kier molecular flexibility index (Phi) is 4.78. The number of carbonyl (C=O) groups excluding carboxylic acids is 1. The fourth-order valence-corrected chi connectivity index (χ4v) is 2.56. The van der Waals surface area contributed by atoms with Crippen molar-refractivity contribution in [2.45, 2.75) is 12.7 Å². The van der Waals surface area contributed by atoms with E-state index in [4.69, 9.17) is 4.74 Å². The topological polar surface area (TPSA) is 53.6 Å². The molecule has 26 heavy (non-hydrogen) atoms. The molecule has 3 rings (SSSR count). The Bertz CT molecular complexity index is 835. The van der Waals surface area contributed by atoms with Gasteiger partial charge >= 0.3 is 6.18 Å². The second-order valence-electron chi connectivity index (χ2n) is 6.28. The first-order valence-electron chi connectivity index (χ1n) is 7.93. The lowest BCUT2D eigenvalue weighted by atomic mass is 10.1. The number of carbonyl (C=O) groups is 1. The van der Waals surface area contributed by atoms with Gasteiger partial charge in [-0.3, -0.25) is 4.79 Å². The standard InChI is InChI=1S/C18H18F3N3O2/c1-24(2)10-17(25)22-9-11-3-5-13-15(7-11)26-16-8-12(18(19,20)21)4-6-14(16)23-13/h3-8,23H,9-10H2,1-2H3,(H,22,25). The number of likely N-dealkylation sites (N-methyl/N-ethyl adjacent to an activating group) is 1. The molecule has 0 atom stereocenters. The van der Waals surface area contributed by atoms with Crippen LogP contribution in [0.15, 0.2) is 36.4 Å². The Morgan fingerprint density at radius 1 is 1.12 bits per heavy atom. The predicted molar refractivity (Wildman–Crippen MR) is 91.6 cm³/mol. The van der Waals surface area contributed by atoms with E-state index in [1.165, 1.54) is 6.07 Å². The third kappa shape index (κ3) is 4.08. The first kappa shape index (κ1) is 18.1. The molecule has 0 saturated heterocycles. The maximum Gasteiger partial charge on any atom is 0.416 e. The van der Waals surface area contributed by atoms with Crippen molar-refractivity contribution in [1.82, 2.24) is 10.2 Å². The third-order valence-corrected chi connectivity index (χ3v) is 3.79. The SMILES string of the molecule is CN(C)CC(=O)NCc1ccc2c(c1)Oc1cc(C(F)(F)F)ccc1N2. The van der Waals surface area contributed by atoms with Gasteiger partial charge in [0.2, 0.25) is 5.91 Å². The maximum atomic E-state index is 12.9. The highest BCUT2D eigenvalue weighted by molar-refractivity contribution is 5.78.